The molecule has 0 saturated carbocycles. The minimum atomic E-state index is -3.28. The van der Waals surface area contributed by atoms with E-state index in [4.69, 9.17) is 11.6 Å². The topological polar surface area (TPSA) is 54.4 Å². The maximum Gasteiger partial charge on any atom is 0.175 e. The van der Waals surface area contributed by atoms with Gasteiger partial charge in [0.15, 0.2) is 9.84 Å². The van der Waals surface area contributed by atoms with Crippen LogP contribution in [-0.4, -0.2) is 19.8 Å². The van der Waals surface area contributed by atoms with E-state index in [1.165, 1.54) is 23.5 Å². The van der Waals surface area contributed by atoms with Gasteiger partial charge in [-0.3, -0.25) is 0 Å². The predicted molar refractivity (Wildman–Crippen MR) is 77.7 cm³/mol. The average Bonchev–Trinajstić information content (AvgIpc) is 2.68. The highest BCUT2D eigenvalue weighted by Gasteiger charge is 2.16. The second kappa shape index (κ2) is 5.25. The molecule has 102 valence electrons. The molecule has 1 heterocycles. The van der Waals surface area contributed by atoms with Gasteiger partial charge in [0.1, 0.15) is 6.10 Å². The van der Waals surface area contributed by atoms with Crippen molar-refractivity contribution in [2.45, 2.75) is 17.9 Å². The smallest absolute Gasteiger partial charge is 0.175 e. The number of aliphatic hydroxyl groups excluding tert-OH is 1. The molecule has 0 aliphatic rings. The fraction of sp³-hybridized carbons (Fsp3) is 0.231. The van der Waals surface area contributed by atoms with Crippen LogP contribution in [0.2, 0.25) is 4.34 Å². The summed E-state index contributed by atoms with van der Waals surface area (Å²) in [6.45, 7) is 1.86. The quantitative estimate of drug-likeness (QED) is 0.946. The summed E-state index contributed by atoms with van der Waals surface area (Å²) in [7, 11) is -3.28. The first-order chi connectivity index (χ1) is 8.79. The van der Waals surface area contributed by atoms with Crippen LogP contribution in [0.1, 0.15) is 22.1 Å². The van der Waals surface area contributed by atoms with E-state index in [-0.39, 0.29) is 4.90 Å². The van der Waals surface area contributed by atoms with E-state index >= 15 is 0 Å². The Balaban J connectivity index is 2.42. The first kappa shape index (κ1) is 14.5. The summed E-state index contributed by atoms with van der Waals surface area (Å²) >= 11 is 7.27. The number of thiophene rings is 1. The molecule has 0 fully saturated rings. The Morgan fingerprint density at radius 1 is 1.32 bits per heavy atom. The van der Waals surface area contributed by atoms with Gasteiger partial charge in [0.2, 0.25) is 0 Å². The third-order valence-electron chi connectivity index (χ3n) is 2.75. The van der Waals surface area contributed by atoms with Crippen LogP contribution in [0.5, 0.6) is 0 Å². The first-order valence-corrected chi connectivity index (χ1v) is 8.61. The van der Waals surface area contributed by atoms with Crippen LogP contribution in [-0.2, 0) is 9.84 Å². The van der Waals surface area contributed by atoms with Gasteiger partial charge in [0, 0.05) is 11.1 Å². The van der Waals surface area contributed by atoms with Crippen LogP contribution in [0.15, 0.2) is 35.2 Å². The Bertz CT molecular complexity index is 685. The predicted octanol–water partition coefficient (Wildman–Crippen LogP) is 3.20. The van der Waals surface area contributed by atoms with E-state index in [9.17, 15) is 13.5 Å². The van der Waals surface area contributed by atoms with E-state index in [0.717, 1.165) is 11.8 Å². The minimum Gasteiger partial charge on any atom is -0.383 e. The molecule has 1 unspecified atom stereocenters. The summed E-state index contributed by atoms with van der Waals surface area (Å²) in [4.78, 5) is 0.900. The molecular weight excluding hydrogens is 304 g/mol. The van der Waals surface area contributed by atoms with Crippen molar-refractivity contribution in [1.29, 1.82) is 0 Å². The highest BCUT2D eigenvalue weighted by Crippen LogP contribution is 2.34. The molecule has 0 radical (unpaired) electrons. The highest BCUT2D eigenvalue weighted by molar-refractivity contribution is 7.90. The van der Waals surface area contributed by atoms with Crippen molar-refractivity contribution in [3.8, 4) is 0 Å². The molecule has 0 bridgehead atoms. The third kappa shape index (κ3) is 3.17. The SMILES string of the molecule is Cc1cc(C(O)c2cccc(S(C)(=O)=O)c2)sc1Cl. The van der Waals surface area contributed by atoms with Crippen molar-refractivity contribution in [1.82, 2.24) is 0 Å². The van der Waals surface area contributed by atoms with Crippen molar-refractivity contribution >= 4 is 32.8 Å². The first-order valence-electron chi connectivity index (χ1n) is 5.53. The molecule has 6 heteroatoms. The molecule has 0 spiro atoms. The maximum absolute atomic E-state index is 11.5. The molecule has 19 heavy (non-hydrogen) atoms. The number of aliphatic hydroxyl groups is 1. The van der Waals surface area contributed by atoms with Gasteiger partial charge in [-0.05, 0) is 36.2 Å². The van der Waals surface area contributed by atoms with Crippen LogP contribution in [0, 0.1) is 6.92 Å². The van der Waals surface area contributed by atoms with Crippen molar-refractivity contribution in [2.75, 3.05) is 6.26 Å². The van der Waals surface area contributed by atoms with Gasteiger partial charge in [0.05, 0.1) is 9.23 Å². The van der Waals surface area contributed by atoms with Crippen LogP contribution in [0.4, 0.5) is 0 Å². The molecule has 0 aliphatic heterocycles. The van der Waals surface area contributed by atoms with Gasteiger partial charge >= 0.3 is 0 Å². The van der Waals surface area contributed by atoms with E-state index in [2.05, 4.69) is 0 Å². The second-order valence-corrected chi connectivity index (χ2v) is 8.05. The average molecular weight is 317 g/mol. The number of hydrogen-bond donors (Lipinski definition) is 1. The van der Waals surface area contributed by atoms with Crippen molar-refractivity contribution in [2.24, 2.45) is 0 Å². The lowest BCUT2D eigenvalue weighted by molar-refractivity contribution is 0.224. The van der Waals surface area contributed by atoms with E-state index < -0.39 is 15.9 Å². The zero-order chi connectivity index (χ0) is 14.2. The summed E-state index contributed by atoms with van der Waals surface area (Å²) in [5.41, 5.74) is 1.45. The molecule has 1 N–H and O–H groups in total. The Kier molecular flexibility index (Phi) is 4.01. The molecule has 1 atom stereocenters. The molecule has 2 aromatic rings. The van der Waals surface area contributed by atoms with E-state index in [1.807, 2.05) is 13.0 Å². The lowest BCUT2D eigenvalue weighted by atomic mass is 10.1. The molecule has 1 aromatic heterocycles. The van der Waals surface area contributed by atoms with Gasteiger partial charge in [-0.25, -0.2) is 8.42 Å². The minimum absolute atomic E-state index is 0.198. The zero-order valence-electron chi connectivity index (χ0n) is 10.4. The van der Waals surface area contributed by atoms with Crippen LogP contribution in [0.25, 0.3) is 0 Å². The number of sulfone groups is 1. The Labute approximate surface area is 121 Å². The number of hydrogen-bond acceptors (Lipinski definition) is 4. The number of benzene rings is 1. The number of halogens is 1. The Morgan fingerprint density at radius 3 is 2.53 bits per heavy atom. The molecule has 2 rings (SSSR count). The highest BCUT2D eigenvalue weighted by atomic mass is 35.5. The van der Waals surface area contributed by atoms with Gasteiger partial charge in [-0.1, -0.05) is 23.7 Å². The summed E-state index contributed by atoms with van der Waals surface area (Å²) in [5.74, 6) is 0. The Morgan fingerprint density at radius 2 is 2.00 bits per heavy atom. The van der Waals surface area contributed by atoms with Crippen LogP contribution in [0.3, 0.4) is 0 Å². The second-order valence-electron chi connectivity index (χ2n) is 4.35. The number of aryl methyl sites for hydroxylation is 1. The van der Waals surface area contributed by atoms with E-state index in [0.29, 0.717) is 14.8 Å². The number of rotatable bonds is 3. The normalized spacial score (nSPS) is 13.5. The lowest BCUT2D eigenvalue weighted by Gasteiger charge is -2.10. The summed E-state index contributed by atoms with van der Waals surface area (Å²) in [6, 6.07) is 8.13. The fourth-order valence-corrected chi connectivity index (χ4v) is 3.61. The van der Waals surface area contributed by atoms with Gasteiger partial charge in [-0.2, -0.15) is 0 Å². The van der Waals surface area contributed by atoms with Gasteiger partial charge in [-0.15, -0.1) is 11.3 Å². The van der Waals surface area contributed by atoms with Crippen molar-refractivity contribution < 1.29 is 13.5 Å². The summed E-state index contributed by atoms with van der Waals surface area (Å²) in [6.07, 6.45) is 0.280. The third-order valence-corrected chi connectivity index (χ3v) is 5.47. The molecular formula is C13H13ClO3S2. The maximum atomic E-state index is 11.5. The van der Waals surface area contributed by atoms with Crippen LogP contribution < -0.4 is 0 Å². The molecule has 0 saturated heterocycles. The molecule has 1 aromatic carbocycles. The molecule has 0 amide bonds. The van der Waals surface area contributed by atoms with Gasteiger partial charge in [0.25, 0.3) is 0 Å². The lowest BCUT2D eigenvalue weighted by Crippen LogP contribution is -2.01. The van der Waals surface area contributed by atoms with Gasteiger partial charge < -0.3 is 5.11 Å². The fourth-order valence-electron chi connectivity index (χ4n) is 1.70. The molecule has 0 aliphatic carbocycles. The summed E-state index contributed by atoms with van der Waals surface area (Å²) < 4.78 is 23.6. The van der Waals surface area contributed by atoms with Crippen LogP contribution >= 0.6 is 22.9 Å². The zero-order valence-corrected chi connectivity index (χ0v) is 12.8. The van der Waals surface area contributed by atoms with E-state index in [1.54, 1.807) is 12.1 Å². The molecule has 3 nitrogen and oxygen atoms in total. The van der Waals surface area contributed by atoms with Crippen molar-refractivity contribution in [3.05, 3.63) is 50.7 Å². The largest absolute Gasteiger partial charge is 0.383 e. The standard InChI is InChI=1S/C13H13ClO3S2/c1-8-6-11(18-13(8)14)12(15)9-4-3-5-10(7-9)19(2,16)17/h3-7,12,15H,1-2H3. The Hall–Kier alpha value is -0.880. The van der Waals surface area contributed by atoms with Crippen molar-refractivity contribution in [3.63, 3.8) is 0 Å². The monoisotopic (exact) mass is 316 g/mol. The summed E-state index contributed by atoms with van der Waals surface area (Å²) in [5, 5.41) is 10.3.